The van der Waals surface area contributed by atoms with Crippen LogP contribution in [-0.4, -0.2) is 88.1 Å². The summed E-state index contributed by atoms with van der Waals surface area (Å²) in [6.45, 7) is 2.35. The summed E-state index contributed by atoms with van der Waals surface area (Å²) < 4.78 is 32.5. The lowest BCUT2D eigenvalue weighted by atomic mass is 9.90. The minimum atomic E-state index is -4.79. The Morgan fingerprint density at radius 1 is 0.836 bits per heavy atom. The Labute approximate surface area is 327 Å². The molecule has 0 heterocycles. The second-order valence-electron chi connectivity index (χ2n) is 14.2. The summed E-state index contributed by atoms with van der Waals surface area (Å²) in [5.41, 5.74) is 5.31. The molecule has 0 saturated heterocycles. The second kappa shape index (κ2) is 30.4. The van der Waals surface area contributed by atoms with Crippen LogP contribution in [0.1, 0.15) is 136 Å². The Balaban J connectivity index is 2.58. The summed E-state index contributed by atoms with van der Waals surface area (Å²) in [6.07, 6.45) is 23.1. The number of phosphoric ester groups is 1. The molecule has 14 nitrogen and oxygen atoms in total. The van der Waals surface area contributed by atoms with Crippen LogP contribution in [0.2, 0.25) is 0 Å². The topological polar surface area (TPSA) is 229 Å². The summed E-state index contributed by atoms with van der Waals surface area (Å²) in [5, 5.41) is 29.6. The molecule has 55 heavy (non-hydrogen) atoms. The first kappa shape index (κ1) is 50.3. The predicted molar refractivity (Wildman–Crippen MR) is 209 cm³/mol. The fraction of sp³-hybridized carbons (Fsp3) is 0.750. The Bertz CT molecular complexity index is 1240. The number of aliphatic hydroxyl groups excluding tert-OH is 2. The monoisotopic (exact) mass is 801 g/mol. The molecule has 0 aliphatic heterocycles. The SMILES string of the molecule is CCCC/C=C\CCCCCCCC(=O)OC[C@H](COP(=O)(O)OC[C@H](N)C(=O)O)OC(=O)CCC/C=C\C[C@H]1[C@@H](O)CC(=O)[C@@H]1/C=C/[C@@H](O)CCCCC. The maximum absolute atomic E-state index is 12.7. The van der Waals surface area contributed by atoms with E-state index in [2.05, 4.69) is 30.5 Å². The van der Waals surface area contributed by atoms with Gasteiger partial charge in [0.05, 0.1) is 25.4 Å². The highest BCUT2D eigenvalue weighted by molar-refractivity contribution is 7.47. The van der Waals surface area contributed by atoms with E-state index in [-0.39, 0.29) is 31.0 Å². The zero-order chi connectivity index (χ0) is 40.9. The Hall–Kier alpha value is -2.71. The van der Waals surface area contributed by atoms with Crippen molar-refractivity contribution in [3.05, 3.63) is 36.5 Å². The average Bonchev–Trinajstić information content (AvgIpc) is 3.41. The molecular formula is C40H68NO13P. The highest BCUT2D eigenvalue weighted by Gasteiger charge is 2.39. The fourth-order valence-corrected chi connectivity index (χ4v) is 6.69. The molecule has 316 valence electrons. The van der Waals surface area contributed by atoms with E-state index in [1.165, 1.54) is 12.8 Å². The van der Waals surface area contributed by atoms with Crippen LogP contribution in [0, 0.1) is 11.8 Å². The number of carbonyl (C=O) groups is 4. The number of carboxylic acid groups (broad SMARTS) is 1. The lowest BCUT2D eigenvalue weighted by molar-refractivity contribution is -0.161. The van der Waals surface area contributed by atoms with Crippen LogP contribution in [0.15, 0.2) is 36.5 Å². The van der Waals surface area contributed by atoms with Crippen LogP contribution >= 0.6 is 7.82 Å². The minimum absolute atomic E-state index is 0.0319. The zero-order valence-electron chi connectivity index (χ0n) is 33.0. The van der Waals surface area contributed by atoms with E-state index in [1.54, 1.807) is 12.2 Å². The molecule has 0 spiro atoms. The fourth-order valence-electron chi connectivity index (χ4n) is 5.91. The number of hydrogen-bond acceptors (Lipinski definition) is 12. The van der Waals surface area contributed by atoms with Crippen LogP contribution < -0.4 is 5.73 Å². The average molecular weight is 802 g/mol. The highest BCUT2D eigenvalue weighted by atomic mass is 31.2. The van der Waals surface area contributed by atoms with E-state index in [4.69, 9.17) is 24.8 Å². The summed E-state index contributed by atoms with van der Waals surface area (Å²) in [5.74, 6) is -3.48. The molecule has 0 bridgehead atoms. The van der Waals surface area contributed by atoms with Crippen molar-refractivity contribution in [3.8, 4) is 0 Å². The number of phosphoric acid groups is 1. The van der Waals surface area contributed by atoms with Crippen LogP contribution in [0.5, 0.6) is 0 Å². The highest BCUT2D eigenvalue weighted by Crippen LogP contribution is 2.43. The van der Waals surface area contributed by atoms with Gasteiger partial charge in [-0.15, -0.1) is 0 Å². The van der Waals surface area contributed by atoms with Gasteiger partial charge in [-0.1, -0.05) is 102 Å². The number of allylic oxidation sites excluding steroid dienone is 5. The van der Waals surface area contributed by atoms with Gasteiger partial charge >= 0.3 is 25.7 Å². The van der Waals surface area contributed by atoms with Gasteiger partial charge in [-0.2, -0.15) is 0 Å². The molecule has 1 fully saturated rings. The molecule has 1 rings (SSSR count). The van der Waals surface area contributed by atoms with Gasteiger partial charge in [0.2, 0.25) is 0 Å². The van der Waals surface area contributed by atoms with Gasteiger partial charge in [0.1, 0.15) is 18.4 Å². The first-order valence-electron chi connectivity index (χ1n) is 20.1. The number of carboxylic acids is 1. The summed E-state index contributed by atoms with van der Waals surface area (Å²) in [4.78, 5) is 58.5. The van der Waals surface area contributed by atoms with Crippen molar-refractivity contribution in [2.45, 2.75) is 160 Å². The number of unbranched alkanes of at least 4 members (excludes halogenated alkanes) is 10. The summed E-state index contributed by atoms with van der Waals surface area (Å²) in [6, 6.07) is -1.57. The molecule has 1 aliphatic carbocycles. The van der Waals surface area contributed by atoms with Crippen molar-refractivity contribution < 1.29 is 62.5 Å². The predicted octanol–water partition coefficient (Wildman–Crippen LogP) is 6.64. The van der Waals surface area contributed by atoms with Crippen molar-refractivity contribution in [1.29, 1.82) is 0 Å². The molecule has 1 unspecified atom stereocenters. The molecule has 1 saturated carbocycles. The minimum Gasteiger partial charge on any atom is -0.480 e. The van der Waals surface area contributed by atoms with Gasteiger partial charge in [0.25, 0.3) is 0 Å². The summed E-state index contributed by atoms with van der Waals surface area (Å²) in [7, 11) is -4.79. The van der Waals surface area contributed by atoms with E-state index in [1.807, 2.05) is 12.2 Å². The Kier molecular flexibility index (Phi) is 27.8. The molecule has 0 aromatic carbocycles. The number of aliphatic carboxylic acids is 1. The number of esters is 2. The lowest BCUT2D eigenvalue weighted by Crippen LogP contribution is -2.34. The van der Waals surface area contributed by atoms with Crippen LogP contribution in [0.3, 0.4) is 0 Å². The largest absolute Gasteiger partial charge is 0.480 e. The molecule has 6 N–H and O–H groups in total. The number of ether oxygens (including phenoxy) is 2. The molecule has 0 aromatic heterocycles. The molecule has 0 aromatic rings. The van der Waals surface area contributed by atoms with E-state index >= 15 is 0 Å². The molecule has 1 aliphatic rings. The van der Waals surface area contributed by atoms with E-state index in [9.17, 15) is 38.8 Å². The van der Waals surface area contributed by atoms with Gasteiger partial charge < -0.3 is 35.4 Å². The Morgan fingerprint density at radius 3 is 2.16 bits per heavy atom. The quantitative estimate of drug-likeness (QED) is 0.0203. The van der Waals surface area contributed by atoms with Crippen LogP contribution in [-0.2, 0) is 42.3 Å². The zero-order valence-corrected chi connectivity index (χ0v) is 33.9. The van der Waals surface area contributed by atoms with Crippen molar-refractivity contribution in [2.24, 2.45) is 17.6 Å². The van der Waals surface area contributed by atoms with Crippen LogP contribution in [0.25, 0.3) is 0 Å². The van der Waals surface area contributed by atoms with Crippen molar-refractivity contribution in [2.75, 3.05) is 19.8 Å². The molecule has 0 radical (unpaired) electrons. The third-order valence-corrected chi connectivity index (χ3v) is 10.2. The van der Waals surface area contributed by atoms with Crippen LogP contribution in [0.4, 0.5) is 0 Å². The van der Waals surface area contributed by atoms with Gasteiger partial charge in [0, 0.05) is 31.1 Å². The van der Waals surface area contributed by atoms with Crippen molar-refractivity contribution in [1.82, 2.24) is 0 Å². The molecule has 7 atom stereocenters. The smallest absolute Gasteiger partial charge is 0.472 e. The second-order valence-corrected chi connectivity index (χ2v) is 15.6. The Morgan fingerprint density at radius 2 is 1.45 bits per heavy atom. The molecular weight excluding hydrogens is 733 g/mol. The van der Waals surface area contributed by atoms with Crippen molar-refractivity contribution >= 4 is 31.5 Å². The van der Waals surface area contributed by atoms with Gasteiger partial charge in [-0.25, -0.2) is 4.57 Å². The van der Waals surface area contributed by atoms with Gasteiger partial charge in [0.15, 0.2) is 6.10 Å². The summed E-state index contributed by atoms with van der Waals surface area (Å²) >= 11 is 0. The maximum Gasteiger partial charge on any atom is 0.472 e. The van der Waals surface area contributed by atoms with E-state index < -0.39 is 75.8 Å². The standard InChI is InChI=1S/C40H68NO13P/c1-3-5-7-8-9-10-11-12-13-14-19-23-38(45)51-28-32(29-52-55(49,50)53-30-35(41)40(47)48)54-39(46)24-20-16-15-18-22-33-34(37(44)27-36(33)43)26-25-31(42)21-17-6-4-2/h8-9,15,18,25-26,31-36,42-43H,3-7,10-14,16-17,19-24,27-30,41H2,1-2H3,(H,47,48)(H,49,50)/b9-8-,18-15-,26-25+/t31-,32+,33+,34+,35-,36-/m0/s1. The number of carbonyl (C=O) groups excluding carboxylic acids is 3. The number of ketones is 1. The first-order valence-corrected chi connectivity index (χ1v) is 21.6. The lowest BCUT2D eigenvalue weighted by Gasteiger charge is -2.20. The van der Waals surface area contributed by atoms with E-state index in [0.717, 1.165) is 57.8 Å². The number of hydrogen-bond donors (Lipinski definition) is 5. The molecule has 15 heteroatoms. The maximum atomic E-state index is 12.7. The number of aliphatic hydroxyl groups is 2. The van der Waals surface area contributed by atoms with Gasteiger partial charge in [-0.3, -0.25) is 28.2 Å². The number of nitrogens with two attached hydrogens (primary N) is 1. The third-order valence-electron chi connectivity index (χ3n) is 9.24. The number of Topliss-reactive ketones (excluding diaryl/α,β-unsaturated/α-hetero) is 1. The molecule has 0 amide bonds. The van der Waals surface area contributed by atoms with E-state index in [0.29, 0.717) is 32.1 Å². The third kappa shape index (κ3) is 25.2. The number of rotatable bonds is 33. The first-order chi connectivity index (χ1) is 26.3. The normalized spacial score (nSPS) is 20.3. The van der Waals surface area contributed by atoms with Crippen molar-refractivity contribution in [3.63, 3.8) is 0 Å². The van der Waals surface area contributed by atoms with Gasteiger partial charge in [-0.05, 0) is 51.4 Å².